The Kier molecular flexibility index (Phi) is 7.47. The molecule has 1 saturated heterocycles. The molecule has 0 aliphatic carbocycles. The van der Waals surface area contributed by atoms with Gasteiger partial charge in [-0.15, -0.1) is 0 Å². The van der Waals surface area contributed by atoms with Crippen LogP contribution in [-0.2, 0) is 4.79 Å². The number of nitrogens with two attached hydrogens (primary N) is 1. The Hall–Kier alpha value is -4.44. The Labute approximate surface area is 225 Å². The van der Waals surface area contributed by atoms with E-state index < -0.39 is 5.82 Å². The number of hydrogen-bond donors (Lipinski definition) is 2. The molecule has 1 fully saturated rings. The SMILES string of the molecule is CN(C)C/C=C/C(=O)N1CCC[C@@H](c2cn(-c3ccc(Oc4ccccc4F)cc3)c3c(N)n[nH]c(=O)c23)C1. The minimum absolute atomic E-state index is 0.0363. The van der Waals surface area contributed by atoms with Crippen LogP contribution >= 0.6 is 0 Å². The van der Waals surface area contributed by atoms with Crippen LogP contribution in [0.15, 0.2) is 71.7 Å². The lowest BCUT2D eigenvalue weighted by atomic mass is 9.90. The molecule has 0 saturated carbocycles. The lowest BCUT2D eigenvalue weighted by Crippen LogP contribution is -2.38. The van der Waals surface area contributed by atoms with Crippen molar-refractivity contribution in [3.8, 4) is 17.2 Å². The summed E-state index contributed by atoms with van der Waals surface area (Å²) in [4.78, 5) is 29.7. The van der Waals surface area contributed by atoms with Crippen molar-refractivity contribution in [2.24, 2.45) is 0 Å². The number of nitrogens with zero attached hydrogens (tertiary/aromatic N) is 4. The van der Waals surface area contributed by atoms with Crippen molar-refractivity contribution >= 4 is 22.6 Å². The van der Waals surface area contributed by atoms with Gasteiger partial charge >= 0.3 is 0 Å². The molecule has 1 atom stereocenters. The second kappa shape index (κ2) is 11.1. The smallest absolute Gasteiger partial charge is 0.274 e. The standard InChI is InChI=1S/C29H31FN6O3/c1-34(2)15-6-10-25(37)35-16-5-7-19(17-35)22-18-36(27-26(22)29(38)33-32-28(27)31)20-11-13-21(14-12-20)39-24-9-4-3-8-23(24)30/h3-4,6,8-14,18-19H,5,7,15-17H2,1-2H3,(H2,31,32)(H,33,38)/b10-6+/t19-/m1/s1. The van der Waals surface area contributed by atoms with E-state index in [0.717, 1.165) is 24.1 Å². The number of halogens is 1. The van der Waals surface area contributed by atoms with Crippen LogP contribution < -0.4 is 16.0 Å². The van der Waals surface area contributed by atoms with Gasteiger partial charge < -0.3 is 24.8 Å². The highest BCUT2D eigenvalue weighted by Crippen LogP contribution is 2.35. The Balaban J connectivity index is 1.46. The number of amides is 1. The number of aromatic nitrogens is 3. The number of hydrogen-bond acceptors (Lipinski definition) is 6. The summed E-state index contributed by atoms with van der Waals surface area (Å²) in [7, 11) is 3.90. The molecule has 1 aliphatic heterocycles. The molecule has 0 unspecified atom stereocenters. The van der Waals surface area contributed by atoms with Gasteiger partial charge in [-0.1, -0.05) is 18.2 Å². The van der Waals surface area contributed by atoms with Crippen molar-refractivity contribution in [2.75, 3.05) is 39.5 Å². The van der Waals surface area contributed by atoms with Crippen LogP contribution in [0.25, 0.3) is 16.6 Å². The first-order valence-corrected chi connectivity index (χ1v) is 12.8. The number of H-pyrrole nitrogens is 1. The molecule has 0 bridgehead atoms. The highest BCUT2D eigenvalue weighted by Gasteiger charge is 2.28. The number of benzene rings is 2. The first kappa shape index (κ1) is 26.2. The van der Waals surface area contributed by atoms with Gasteiger partial charge in [0, 0.05) is 43.5 Å². The summed E-state index contributed by atoms with van der Waals surface area (Å²) in [6.45, 7) is 1.85. The van der Waals surface area contributed by atoms with Gasteiger partial charge in [-0.2, -0.15) is 5.10 Å². The first-order valence-electron chi connectivity index (χ1n) is 12.8. The van der Waals surface area contributed by atoms with E-state index in [4.69, 9.17) is 10.5 Å². The number of likely N-dealkylation sites (N-methyl/N-ethyl adjacent to an activating group) is 1. The third-order valence-corrected chi connectivity index (χ3v) is 6.87. The topological polar surface area (TPSA) is 109 Å². The third-order valence-electron chi connectivity index (χ3n) is 6.87. The number of rotatable bonds is 7. The fraction of sp³-hybridized carbons (Fsp3) is 0.276. The molecule has 4 aromatic rings. The van der Waals surface area contributed by atoms with Gasteiger partial charge in [-0.05, 0) is 68.9 Å². The monoisotopic (exact) mass is 530 g/mol. The minimum atomic E-state index is -0.450. The maximum Gasteiger partial charge on any atom is 0.274 e. The molecular formula is C29H31FN6O3. The summed E-state index contributed by atoms with van der Waals surface area (Å²) in [5.74, 6) is 0.262. The van der Waals surface area contributed by atoms with Crippen LogP contribution in [0.5, 0.6) is 11.5 Å². The van der Waals surface area contributed by atoms with E-state index in [1.165, 1.54) is 6.07 Å². The minimum Gasteiger partial charge on any atom is -0.454 e. The van der Waals surface area contributed by atoms with E-state index in [1.807, 2.05) is 52.9 Å². The zero-order valence-electron chi connectivity index (χ0n) is 21.9. The van der Waals surface area contributed by atoms with Gasteiger partial charge in [0.05, 0.1) is 5.39 Å². The van der Waals surface area contributed by atoms with Gasteiger partial charge in [0.2, 0.25) is 5.91 Å². The van der Waals surface area contributed by atoms with E-state index in [2.05, 4.69) is 10.2 Å². The number of aromatic amines is 1. The molecular weight excluding hydrogens is 499 g/mol. The molecule has 5 rings (SSSR count). The molecule has 9 nitrogen and oxygen atoms in total. The Bertz CT molecular complexity index is 1570. The zero-order valence-corrected chi connectivity index (χ0v) is 21.9. The van der Waals surface area contributed by atoms with Crippen LogP contribution in [-0.4, -0.2) is 64.2 Å². The van der Waals surface area contributed by atoms with Crippen LogP contribution in [0.3, 0.4) is 0 Å². The summed E-state index contributed by atoms with van der Waals surface area (Å²) < 4.78 is 21.5. The number of nitrogen functional groups attached to an aromatic ring is 1. The normalized spacial score (nSPS) is 15.9. The van der Waals surface area contributed by atoms with Crippen molar-refractivity contribution in [1.29, 1.82) is 0 Å². The van der Waals surface area contributed by atoms with E-state index in [9.17, 15) is 14.0 Å². The maximum atomic E-state index is 14.0. The van der Waals surface area contributed by atoms with Gasteiger partial charge in [0.15, 0.2) is 17.4 Å². The molecule has 0 radical (unpaired) electrons. The second-order valence-electron chi connectivity index (χ2n) is 9.93. The molecule has 202 valence electrons. The molecule has 39 heavy (non-hydrogen) atoms. The second-order valence-corrected chi connectivity index (χ2v) is 9.93. The number of fused-ring (bicyclic) bond motifs is 1. The van der Waals surface area contributed by atoms with E-state index in [0.29, 0.717) is 36.3 Å². The Morgan fingerprint density at radius 1 is 1.23 bits per heavy atom. The van der Waals surface area contributed by atoms with Crippen LogP contribution in [0, 0.1) is 5.82 Å². The summed E-state index contributed by atoms with van der Waals surface area (Å²) in [5, 5.41) is 6.98. The fourth-order valence-corrected chi connectivity index (χ4v) is 4.98. The van der Waals surface area contributed by atoms with Gasteiger partial charge in [0.1, 0.15) is 11.3 Å². The van der Waals surface area contributed by atoms with Crippen molar-refractivity contribution in [3.63, 3.8) is 0 Å². The van der Waals surface area contributed by atoms with Gasteiger partial charge in [-0.25, -0.2) is 9.49 Å². The number of carbonyl (C=O) groups is 1. The van der Waals surface area contributed by atoms with Crippen molar-refractivity contribution in [2.45, 2.75) is 18.8 Å². The maximum absolute atomic E-state index is 14.0. The highest BCUT2D eigenvalue weighted by atomic mass is 19.1. The van der Waals surface area contributed by atoms with Crippen molar-refractivity contribution in [3.05, 3.63) is 88.6 Å². The van der Waals surface area contributed by atoms with Crippen LogP contribution in [0.1, 0.15) is 24.3 Å². The molecule has 1 amide bonds. The summed E-state index contributed by atoms with van der Waals surface area (Å²) >= 11 is 0. The van der Waals surface area contributed by atoms with E-state index in [1.54, 1.807) is 36.4 Å². The van der Waals surface area contributed by atoms with E-state index in [-0.39, 0.29) is 29.0 Å². The number of nitrogens with one attached hydrogen (secondary N) is 1. The van der Waals surface area contributed by atoms with Gasteiger partial charge in [0.25, 0.3) is 5.56 Å². The number of piperidine rings is 1. The Morgan fingerprint density at radius 3 is 2.74 bits per heavy atom. The number of likely N-dealkylation sites (tertiary alicyclic amines) is 1. The molecule has 10 heteroatoms. The molecule has 3 N–H and O–H groups in total. The predicted octanol–water partition coefficient (Wildman–Crippen LogP) is 4.05. The number of anilines is 1. The van der Waals surface area contributed by atoms with Gasteiger partial charge in [-0.3, -0.25) is 9.59 Å². The third kappa shape index (κ3) is 5.56. The van der Waals surface area contributed by atoms with Crippen molar-refractivity contribution in [1.82, 2.24) is 24.6 Å². The first-order chi connectivity index (χ1) is 18.8. The lowest BCUT2D eigenvalue weighted by Gasteiger charge is -2.32. The summed E-state index contributed by atoms with van der Waals surface area (Å²) in [6, 6.07) is 13.3. The molecule has 3 heterocycles. The highest BCUT2D eigenvalue weighted by molar-refractivity contribution is 5.92. The molecule has 0 spiro atoms. The largest absolute Gasteiger partial charge is 0.454 e. The summed E-state index contributed by atoms with van der Waals surface area (Å²) in [5.41, 5.74) is 8.00. The van der Waals surface area contributed by atoms with Crippen LogP contribution in [0.2, 0.25) is 0 Å². The number of ether oxygens (including phenoxy) is 1. The molecule has 1 aliphatic rings. The average Bonchev–Trinajstić information content (AvgIpc) is 3.34. The quantitative estimate of drug-likeness (QED) is 0.349. The average molecular weight is 531 g/mol. The predicted molar refractivity (Wildman–Crippen MR) is 149 cm³/mol. The zero-order chi connectivity index (χ0) is 27.5. The summed E-state index contributed by atoms with van der Waals surface area (Å²) in [6.07, 6.45) is 7.04. The van der Waals surface area contributed by atoms with E-state index >= 15 is 0 Å². The fourth-order valence-electron chi connectivity index (χ4n) is 4.98. The van der Waals surface area contributed by atoms with Crippen LogP contribution in [0.4, 0.5) is 10.2 Å². The number of carbonyl (C=O) groups excluding carboxylic acids is 1. The number of para-hydroxylation sites is 1. The molecule has 2 aromatic heterocycles. The molecule has 2 aromatic carbocycles. The Morgan fingerprint density at radius 2 is 2.00 bits per heavy atom. The lowest BCUT2D eigenvalue weighted by molar-refractivity contribution is -0.127. The van der Waals surface area contributed by atoms with Crippen molar-refractivity contribution < 1.29 is 13.9 Å².